The lowest BCUT2D eigenvalue weighted by Crippen LogP contribution is -2.47. The van der Waals surface area contributed by atoms with Gasteiger partial charge in [-0.1, -0.05) is 18.2 Å². The van der Waals surface area contributed by atoms with Crippen molar-refractivity contribution in [1.82, 2.24) is 0 Å². The number of rotatable bonds is 5. The molecule has 148 valence electrons. The molecule has 0 saturated carbocycles. The highest BCUT2D eigenvalue weighted by atomic mass is 16.6. The van der Waals surface area contributed by atoms with Gasteiger partial charge in [0, 0.05) is 18.4 Å². The first kappa shape index (κ1) is 19.4. The maximum absolute atomic E-state index is 13.1. The van der Waals surface area contributed by atoms with Crippen LogP contribution in [0.1, 0.15) is 12.5 Å². The van der Waals surface area contributed by atoms with Crippen LogP contribution in [0.25, 0.3) is 0 Å². The highest BCUT2D eigenvalue weighted by molar-refractivity contribution is 6.15. The van der Waals surface area contributed by atoms with Gasteiger partial charge in [-0.05, 0) is 13.0 Å². The minimum absolute atomic E-state index is 0.0262. The van der Waals surface area contributed by atoms with Gasteiger partial charge in [0.15, 0.2) is 5.41 Å². The molecule has 0 bridgehead atoms. The van der Waals surface area contributed by atoms with Crippen LogP contribution in [0, 0.1) is 0 Å². The third-order valence-corrected chi connectivity index (χ3v) is 4.64. The van der Waals surface area contributed by atoms with Crippen molar-refractivity contribution >= 4 is 23.6 Å². The number of para-hydroxylation sites is 1. The lowest BCUT2D eigenvalue weighted by Gasteiger charge is -2.35. The molecule has 0 unspecified atom stereocenters. The van der Waals surface area contributed by atoms with E-state index in [2.05, 4.69) is 5.32 Å². The number of ether oxygens (including phenoxy) is 4. The molecule has 1 aromatic rings. The van der Waals surface area contributed by atoms with E-state index in [9.17, 15) is 14.4 Å². The van der Waals surface area contributed by atoms with Crippen LogP contribution in [0.15, 0.2) is 47.0 Å². The zero-order chi connectivity index (χ0) is 20.5. The Morgan fingerprint density at radius 2 is 1.86 bits per heavy atom. The van der Waals surface area contributed by atoms with E-state index in [0.717, 1.165) is 7.11 Å². The molecular formula is C19H20N2O7. The second-order valence-corrected chi connectivity index (χ2v) is 6.15. The first-order valence-electron chi connectivity index (χ1n) is 8.44. The molecule has 0 amide bonds. The van der Waals surface area contributed by atoms with Crippen LogP contribution < -0.4 is 11.1 Å². The van der Waals surface area contributed by atoms with E-state index < -0.39 is 23.3 Å². The maximum Gasteiger partial charge on any atom is 0.339 e. The smallest absolute Gasteiger partial charge is 0.339 e. The van der Waals surface area contributed by atoms with E-state index in [-0.39, 0.29) is 35.9 Å². The Morgan fingerprint density at radius 3 is 2.54 bits per heavy atom. The Labute approximate surface area is 161 Å². The van der Waals surface area contributed by atoms with Gasteiger partial charge in [0.1, 0.15) is 29.3 Å². The molecule has 0 saturated heterocycles. The summed E-state index contributed by atoms with van der Waals surface area (Å²) in [4.78, 5) is 38.7. The minimum Gasteiger partial charge on any atom is -0.466 e. The quantitative estimate of drug-likeness (QED) is 0.426. The summed E-state index contributed by atoms with van der Waals surface area (Å²) < 4.78 is 20.3. The molecule has 2 aliphatic rings. The maximum atomic E-state index is 13.1. The van der Waals surface area contributed by atoms with Crippen LogP contribution in [0.2, 0.25) is 0 Å². The van der Waals surface area contributed by atoms with Crippen LogP contribution in [0.5, 0.6) is 0 Å². The summed E-state index contributed by atoms with van der Waals surface area (Å²) in [7, 11) is 2.62. The zero-order valence-electron chi connectivity index (χ0n) is 15.7. The molecule has 9 heteroatoms. The van der Waals surface area contributed by atoms with Crippen molar-refractivity contribution in [3.8, 4) is 0 Å². The van der Waals surface area contributed by atoms with E-state index in [1.165, 1.54) is 14.0 Å². The molecule has 0 aliphatic carbocycles. The summed E-state index contributed by atoms with van der Waals surface area (Å²) in [6, 6.07) is 6.68. The number of nitrogens with two attached hydrogens (primary N) is 1. The molecule has 1 aromatic carbocycles. The highest BCUT2D eigenvalue weighted by Gasteiger charge is 2.62. The number of cyclic esters (lactones) is 1. The molecule has 1 atom stereocenters. The lowest BCUT2D eigenvalue weighted by atomic mass is 9.67. The monoisotopic (exact) mass is 388 g/mol. The summed E-state index contributed by atoms with van der Waals surface area (Å²) in [6.45, 7) is 1.58. The van der Waals surface area contributed by atoms with Crippen molar-refractivity contribution in [3.63, 3.8) is 0 Å². The fourth-order valence-corrected chi connectivity index (χ4v) is 3.52. The van der Waals surface area contributed by atoms with Crippen molar-refractivity contribution in [2.24, 2.45) is 5.73 Å². The normalized spacial score (nSPS) is 20.6. The van der Waals surface area contributed by atoms with Crippen LogP contribution in [0.3, 0.4) is 0 Å². The zero-order valence-corrected chi connectivity index (χ0v) is 15.7. The van der Waals surface area contributed by atoms with Crippen LogP contribution in [-0.4, -0.2) is 45.3 Å². The van der Waals surface area contributed by atoms with Gasteiger partial charge in [-0.2, -0.15) is 0 Å². The fourth-order valence-electron chi connectivity index (χ4n) is 3.52. The topological polar surface area (TPSA) is 126 Å². The third kappa shape index (κ3) is 2.71. The Balaban J connectivity index is 2.27. The first-order valence-corrected chi connectivity index (χ1v) is 8.44. The number of fused-ring (bicyclic) bond motifs is 2. The summed E-state index contributed by atoms with van der Waals surface area (Å²) in [5, 5.41) is 2.88. The molecule has 0 radical (unpaired) electrons. The van der Waals surface area contributed by atoms with E-state index in [1.807, 2.05) is 0 Å². The molecule has 9 nitrogen and oxygen atoms in total. The van der Waals surface area contributed by atoms with Gasteiger partial charge in [0.2, 0.25) is 0 Å². The summed E-state index contributed by atoms with van der Waals surface area (Å²) >= 11 is 0. The van der Waals surface area contributed by atoms with Gasteiger partial charge in [-0.15, -0.1) is 0 Å². The van der Waals surface area contributed by atoms with Crippen LogP contribution >= 0.6 is 0 Å². The average molecular weight is 388 g/mol. The van der Waals surface area contributed by atoms with E-state index >= 15 is 0 Å². The number of nitrogens with one attached hydrogen (secondary N) is 1. The number of carbonyl (C=O) groups excluding carboxylic acids is 3. The van der Waals surface area contributed by atoms with Gasteiger partial charge >= 0.3 is 17.9 Å². The van der Waals surface area contributed by atoms with E-state index in [1.54, 1.807) is 24.3 Å². The second-order valence-electron chi connectivity index (χ2n) is 6.15. The molecule has 0 aromatic heterocycles. The van der Waals surface area contributed by atoms with Crippen molar-refractivity contribution in [2.75, 3.05) is 32.8 Å². The van der Waals surface area contributed by atoms with E-state index in [0.29, 0.717) is 11.3 Å². The van der Waals surface area contributed by atoms with Crippen molar-refractivity contribution in [3.05, 3.63) is 52.6 Å². The largest absolute Gasteiger partial charge is 0.466 e. The Kier molecular flexibility index (Phi) is 5.10. The van der Waals surface area contributed by atoms with Crippen molar-refractivity contribution in [2.45, 2.75) is 12.3 Å². The molecule has 3 rings (SSSR count). The summed E-state index contributed by atoms with van der Waals surface area (Å²) in [6.07, 6.45) is 0. The number of hydrogen-bond donors (Lipinski definition) is 2. The number of benzene rings is 1. The van der Waals surface area contributed by atoms with Gasteiger partial charge in [0.05, 0.1) is 13.7 Å². The number of hydrogen-bond acceptors (Lipinski definition) is 9. The van der Waals surface area contributed by atoms with Crippen LogP contribution in [-0.2, 0) is 38.7 Å². The van der Waals surface area contributed by atoms with Gasteiger partial charge in [-0.25, -0.2) is 14.4 Å². The Morgan fingerprint density at radius 1 is 1.14 bits per heavy atom. The molecule has 28 heavy (non-hydrogen) atoms. The minimum atomic E-state index is -1.90. The van der Waals surface area contributed by atoms with Gasteiger partial charge in [-0.3, -0.25) is 0 Å². The SMILES string of the molecule is COCCOC(=O)C1=C(C)OC(=O)[C@]12C(C(=O)OC)=C(N)Nc1ccccc12. The highest BCUT2D eigenvalue weighted by Crippen LogP contribution is 2.52. The average Bonchev–Trinajstić information content (AvgIpc) is 2.92. The Hall–Kier alpha value is -3.33. The molecule has 0 fully saturated rings. The molecule has 3 N–H and O–H groups in total. The summed E-state index contributed by atoms with van der Waals surface area (Å²) in [5.41, 5.74) is 4.64. The summed E-state index contributed by atoms with van der Waals surface area (Å²) in [5.74, 6) is -2.60. The number of allylic oxidation sites excluding steroid dienone is 1. The second kappa shape index (κ2) is 7.35. The predicted octanol–water partition coefficient (Wildman–Crippen LogP) is 0.714. The fraction of sp³-hybridized carbons (Fsp3) is 0.316. The lowest BCUT2D eigenvalue weighted by molar-refractivity contribution is -0.146. The molecule has 2 aliphatic heterocycles. The van der Waals surface area contributed by atoms with Crippen molar-refractivity contribution in [1.29, 1.82) is 0 Å². The molecular weight excluding hydrogens is 368 g/mol. The standard InChI is InChI=1S/C19H20N2O7/c1-10-13(17(23)27-9-8-25-2)19(18(24)28-10)11-6-4-5-7-12(11)21-15(20)14(19)16(22)26-3/h4-7,21H,8-9,20H2,1-3H3/t19-/m0/s1. The third-order valence-electron chi connectivity index (χ3n) is 4.64. The van der Waals surface area contributed by atoms with Gasteiger partial charge in [0.25, 0.3) is 0 Å². The number of anilines is 1. The van der Waals surface area contributed by atoms with Crippen LogP contribution in [0.4, 0.5) is 5.69 Å². The predicted molar refractivity (Wildman–Crippen MR) is 96.6 cm³/mol. The first-order chi connectivity index (χ1) is 13.4. The van der Waals surface area contributed by atoms with E-state index in [4.69, 9.17) is 24.7 Å². The number of esters is 3. The number of carbonyl (C=O) groups is 3. The molecule has 2 heterocycles. The van der Waals surface area contributed by atoms with Gasteiger partial charge < -0.3 is 30.0 Å². The molecule has 1 spiro atoms. The number of methoxy groups -OCH3 is 2. The Bertz CT molecular complexity index is 919. The van der Waals surface area contributed by atoms with Crippen molar-refractivity contribution < 1.29 is 33.3 Å².